The van der Waals surface area contributed by atoms with Crippen LogP contribution in [-0.2, 0) is 13.7 Å². The molecule has 0 aliphatic rings. The van der Waals surface area contributed by atoms with E-state index >= 15 is 0 Å². The first-order valence-electron chi connectivity index (χ1n) is 13.8. The molecule has 2 rings (SSSR count). The normalized spacial score (nSPS) is 10.2. The van der Waals surface area contributed by atoms with E-state index in [1.807, 2.05) is 12.1 Å². The van der Waals surface area contributed by atoms with Gasteiger partial charge in [0.2, 0.25) is 0 Å². The minimum atomic E-state index is -2.18. The Hall–Kier alpha value is 0.641. The summed E-state index contributed by atoms with van der Waals surface area (Å²) < 4.78 is 36.5. The Balaban J connectivity index is 0. The Labute approximate surface area is 305 Å². The molecule has 0 aliphatic heterocycles. The van der Waals surface area contributed by atoms with Crippen LogP contribution in [0, 0.1) is 81.7 Å². The van der Waals surface area contributed by atoms with Gasteiger partial charge in [-0.2, -0.15) is 0 Å². The molecule has 0 spiro atoms. The van der Waals surface area contributed by atoms with Crippen molar-refractivity contribution in [1.29, 1.82) is 0 Å². The van der Waals surface area contributed by atoms with Crippen molar-refractivity contribution in [2.24, 2.45) is 0 Å². The first-order chi connectivity index (χ1) is 18.3. The molecule has 2 aromatic carbocycles. The Morgan fingerprint density at radius 1 is 0.641 bits per heavy atom. The third-order valence-electron chi connectivity index (χ3n) is 5.65. The second-order valence-corrected chi connectivity index (χ2v) is 10.1. The zero-order valence-corrected chi connectivity index (χ0v) is 31.7. The summed E-state index contributed by atoms with van der Waals surface area (Å²) in [7, 11) is -2.36. The average Bonchev–Trinajstić information content (AvgIpc) is 2.92. The van der Waals surface area contributed by atoms with Crippen molar-refractivity contribution < 1.29 is 104 Å². The molecule has 0 aliphatic carbocycles. The maximum absolute atomic E-state index is 11.5. The van der Waals surface area contributed by atoms with Crippen LogP contribution in [0.3, 0.4) is 0 Å². The van der Waals surface area contributed by atoms with Crippen molar-refractivity contribution in [3.8, 4) is 11.5 Å². The van der Waals surface area contributed by atoms with Gasteiger partial charge in [0.1, 0.15) is 0 Å². The van der Waals surface area contributed by atoms with Crippen molar-refractivity contribution in [1.82, 2.24) is 0 Å². The van der Waals surface area contributed by atoms with Crippen LogP contribution in [0.2, 0.25) is 0 Å². The number of hydrogen-bond acceptors (Lipinski definition) is 5. The SMILES string of the molecule is CCCCCCCC/C=C\CCCCCCCCOP=O.O=[P+](Oc1ccccc1)Oc1ccccc1.[Nd].[Nd]. The van der Waals surface area contributed by atoms with Gasteiger partial charge in [-0.25, -0.2) is 13.6 Å². The van der Waals surface area contributed by atoms with E-state index < -0.39 is 8.25 Å². The summed E-state index contributed by atoms with van der Waals surface area (Å²) >= 11 is 0. The molecule has 212 valence electrons. The minimum Gasteiger partial charge on any atom is -0.294 e. The third kappa shape index (κ3) is 28.5. The molecule has 0 radical (unpaired) electrons. The summed E-state index contributed by atoms with van der Waals surface area (Å²) in [5, 5.41) is 0. The standard InChI is InChI=1S/C18H35O2P.C12H10O3P.2Nd/c1-2-3-4-5-6-7-8-9-10-11-12-13-14-15-16-17-18-20-21-19;13-16(14-11-7-3-1-4-8-11)15-12-9-5-2-6-10-12;;/h9-10H,2-8,11-18H2,1H3;1-10H;;/q;+1;;/b10-9-;;;. The molecule has 0 unspecified atom stereocenters. The van der Waals surface area contributed by atoms with Gasteiger partial charge < -0.3 is 0 Å². The Morgan fingerprint density at radius 3 is 1.49 bits per heavy atom. The molecule has 0 amide bonds. The summed E-state index contributed by atoms with van der Waals surface area (Å²) in [6.07, 6.45) is 23.1. The molecule has 2 aromatic rings. The smallest absolute Gasteiger partial charge is 0.294 e. The Kier molecular flexibility index (Phi) is 35.5. The summed E-state index contributed by atoms with van der Waals surface area (Å²) in [5.41, 5.74) is 0. The predicted octanol–water partition coefficient (Wildman–Crippen LogP) is 11.0. The second-order valence-electron chi connectivity index (χ2n) is 8.88. The van der Waals surface area contributed by atoms with Crippen molar-refractivity contribution in [2.45, 2.75) is 96.8 Å². The molecule has 0 bridgehead atoms. The molecule has 0 fully saturated rings. The van der Waals surface area contributed by atoms with Crippen molar-refractivity contribution in [3.63, 3.8) is 0 Å². The summed E-state index contributed by atoms with van der Waals surface area (Å²) in [6.45, 7) is 2.90. The number of para-hydroxylation sites is 2. The predicted molar refractivity (Wildman–Crippen MR) is 155 cm³/mol. The van der Waals surface area contributed by atoms with Crippen molar-refractivity contribution in [3.05, 3.63) is 72.8 Å². The van der Waals surface area contributed by atoms with Gasteiger partial charge >= 0.3 is 16.9 Å². The molecule has 0 atom stereocenters. The zero-order valence-electron chi connectivity index (χ0n) is 23.5. The Morgan fingerprint density at radius 2 is 1.05 bits per heavy atom. The average molecular weight is 836 g/mol. The molecule has 5 nitrogen and oxygen atoms in total. The quantitative estimate of drug-likeness (QED) is 0.0712. The fourth-order valence-electron chi connectivity index (χ4n) is 3.60. The molecule has 9 heteroatoms. The minimum absolute atomic E-state index is 0. The number of rotatable bonds is 21. The van der Waals surface area contributed by atoms with Gasteiger partial charge in [0.25, 0.3) is 0 Å². The van der Waals surface area contributed by atoms with Gasteiger partial charge in [-0.15, -0.1) is 0 Å². The van der Waals surface area contributed by atoms with Gasteiger partial charge in [-0.3, -0.25) is 4.52 Å². The van der Waals surface area contributed by atoms with E-state index in [-0.39, 0.29) is 90.4 Å². The zero-order chi connectivity index (χ0) is 26.7. The Bertz CT molecular complexity index is 783. The van der Waals surface area contributed by atoms with Gasteiger partial charge in [0.05, 0.1) is 6.61 Å². The summed E-state index contributed by atoms with van der Waals surface area (Å²) in [6, 6.07) is 17.8. The van der Waals surface area contributed by atoms with E-state index in [1.54, 1.807) is 48.5 Å². The maximum Gasteiger partial charge on any atom is 0.805 e. The molecule has 0 N–H and O–H groups in total. The molecule has 39 heavy (non-hydrogen) atoms. The number of hydrogen-bond donors (Lipinski definition) is 0. The summed E-state index contributed by atoms with van der Waals surface area (Å²) in [4.78, 5) is 0. The van der Waals surface area contributed by atoms with Gasteiger partial charge in [0, 0.05) is 86.2 Å². The topological polar surface area (TPSA) is 61.8 Å². The first kappa shape index (κ1) is 41.8. The van der Waals surface area contributed by atoms with E-state index in [1.165, 1.54) is 83.5 Å². The van der Waals surface area contributed by atoms with Crippen LogP contribution in [0.5, 0.6) is 11.5 Å². The van der Waals surface area contributed by atoms with Gasteiger partial charge in [-0.1, -0.05) is 113 Å². The number of allylic oxidation sites excluding steroid dienone is 2. The molecule has 0 aromatic heterocycles. The maximum atomic E-state index is 11.5. The van der Waals surface area contributed by atoms with Crippen LogP contribution in [0.15, 0.2) is 72.8 Å². The van der Waals surface area contributed by atoms with Crippen LogP contribution in [0.25, 0.3) is 0 Å². The van der Waals surface area contributed by atoms with Crippen molar-refractivity contribution >= 4 is 16.9 Å². The van der Waals surface area contributed by atoms with E-state index in [9.17, 15) is 9.13 Å². The number of benzene rings is 2. The van der Waals surface area contributed by atoms with E-state index in [4.69, 9.17) is 13.6 Å². The summed E-state index contributed by atoms with van der Waals surface area (Å²) in [5.74, 6) is 1.05. The van der Waals surface area contributed by atoms with Crippen LogP contribution >= 0.6 is 16.9 Å². The van der Waals surface area contributed by atoms with E-state index in [0.29, 0.717) is 18.1 Å². The molecule has 0 heterocycles. The second kappa shape index (κ2) is 33.1. The molecule has 0 saturated heterocycles. The fraction of sp³-hybridized carbons (Fsp3) is 0.533. The van der Waals surface area contributed by atoms with E-state index in [2.05, 4.69) is 19.1 Å². The van der Waals surface area contributed by atoms with Gasteiger partial charge in [0.15, 0.2) is 11.5 Å². The number of unbranched alkanes of at least 4 members (excludes halogenated alkanes) is 12. The first-order valence-corrected chi connectivity index (χ1v) is 15.6. The van der Waals surface area contributed by atoms with E-state index in [0.717, 1.165) is 6.42 Å². The monoisotopic (exact) mass is 831 g/mol. The molecular weight excluding hydrogens is 791 g/mol. The molecular formula is C30H45Nd2O5P2+. The van der Waals surface area contributed by atoms with Crippen molar-refractivity contribution in [2.75, 3.05) is 6.61 Å². The van der Waals surface area contributed by atoms with Crippen LogP contribution in [0.4, 0.5) is 0 Å². The fourth-order valence-corrected chi connectivity index (χ4v) is 4.43. The van der Waals surface area contributed by atoms with Crippen LogP contribution in [0.1, 0.15) is 96.8 Å². The largest absolute Gasteiger partial charge is 0.805 e. The third-order valence-corrected chi connectivity index (χ3v) is 6.65. The van der Waals surface area contributed by atoms with Gasteiger partial charge in [-0.05, 0) is 56.4 Å². The molecule has 0 saturated carbocycles. The van der Waals surface area contributed by atoms with Crippen LogP contribution < -0.4 is 9.05 Å². The van der Waals surface area contributed by atoms with Crippen LogP contribution in [-0.4, -0.2) is 6.61 Å².